The van der Waals surface area contributed by atoms with E-state index in [4.69, 9.17) is 9.15 Å². The molecule has 0 unspecified atom stereocenters. The predicted molar refractivity (Wildman–Crippen MR) is 112 cm³/mol. The minimum atomic E-state index is 0.136. The van der Waals surface area contributed by atoms with Crippen LogP contribution in [0.1, 0.15) is 55.5 Å². The lowest BCUT2D eigenvalue weighted by Crippen LogP contribution is -2.34. The van der Waals surface area contributed by atoms with Crippen LogP contribution in [0, 0.1) is 13.8 Å². The summed E-state index contributed by atoms with van der Waals surface area (Å²) in [5.41, 5.74) is 3.41. The molecule has 0 bridgehead atoms. The topological polar surface area (TPSA) is 68.5 Å². The highest BCUT2D eigenvalue weighted by Gasteiger charge is 2.35. The van der Waals surface area contributed by atoms with Crippen molar-refractivity contribution in [2.45, 2.75) is 70.2 Å². The molecule has 1 heterocycles. The van der Waals surface area contributed by atoms with E-state index in [0.717, 1.165) is 42.6 Å². The smallest absolute Gasteiger partial charge is 0.277 e. The first kappa shape index (κ1) is 20.0. The number of allylic oxidation sites excluding steroid dienone is 2. The normalized spacial score (nSPS) is 16.4. The summed E-state index contributed by atoms with van der Waals surface area (Å²) in [6.45, 7) is 4.24. The number of aryl methyl sites for hydroxylation is 2. The van der Waals surface area contributed by atoms with Gasteiger partial charge in [-0.25, -0.2) is 0 Å². The van der Waals surface area contributed by atoms with Crippen LogP contribution in [0.3, 0.4) is 0 Å². The Bertz CT molecular complexity index is 904. The summed E-state index contributed by atoms with van der Waals surface area (Å²) in [5, 5.41) is 8.51. The van der Waals surface area contributed by atoms with Gasteiger partial charge in [-0.05, 0) is 69.6 Å². The summed E-state index contributed by atoms with van der Waals surface area (Å²) in [6.07, 6.45) is 8.92. The van der Waals surface area contributed by atoms with Crippen LogP contribution in [0.4, 0.5) is 0 Å². The molecule has 2 aromatic rings. The van der Waals surface area contributed by atoms with E-state index in [9.17, 15) is 4.79 Å². The van der Waals surface area contributed by atoms with Gasteiger partial charge in [0, 0.05) is 11.7 Å². The minimum Gasteiger partial charge on any atom is -0.484 e. The van der Waals surface area contributed by atoms with Crippen molar-refractivity contribution in [3.05, 3.63) is 47.0 Å². The number of rotatable bonds is 8. The van der Waals surface area contributed by atoms with Crippen LogP contribution in [0.2, 0.25) is 0 Å². The Morgan fingerprint density at radius 2 is 2.14 bits per heavy atom. The van der Waals surface area contributed by atoms with Crippen LogP contribution in [-0.4, -0.2) is 32.8 Å². The lowest BCUT2D eigenvalue weighted by Gasteiger charge is -2.27. The Balaban J connectivity index is 1.31. The molecule has 0 spiro atoms. The number of thioether (sulfide) groups is 1. The van der Waals surface area contributed by atoms with Crippen LogP contribution in [0.5, 0.6) is 5.75 Å². The number of benzene rings is 1. The molecule has 1 amide bonds. The summed E-state index contributed by atoms with van der Waals surface area (Å²) in [4.78, 5) is 14.9. The monoisotopic (exact) mass is 413 g/mol. The molecule has 6 nitrogen and oxygen atoms in total. The van der Waals surface area contributed by atoms with E-state index >= 15 is 0 Å². The van der Waals surface area contributed by atoms with Crippen LogP contribution < -0.4 is 4.74 Å². The molecule has 4 rings (SSSR count). The third kappa shape index (κ3) is 5.21. The fourth-order valence-corrected chi connectivity index (χ4v) is 4.16. The minimum absolute atomic E-state index is 0.136. The molecule has 1 fully saturated rings. The van der Waals surface area contributed by atoms with Crippen LogP contribution in [-0.2, 0) is 11.4 Å². The Morgan fingerprint density at radius 1 is 1.28 bits per heavy atom. The van der Waals surface area contributed by atoms with Gasteiger partial charge in [0.05, 0.1) is 5.75 Å². The van der Waals surface area contributed by atoms with E-state index < -0.39 is 0 Å². The Labute approximate surface area is 175 Å². The molecule has 0 atom stereocenters. The molecule has 0 aliphatic heterocycles. The predicted octanol–water partition coefficient (Wildman–Crippen LogP) is 4.81. The lowest BCUT2D eigenvalue weighted by atomic mass is 10.0. The van der Waals surface area contributed by atoms with Crippen molar-refractivity contribution in [1.29, 1.82) is 0 Å². The summed E-state index contributed by atoms with van der Waals surface area (Å²) >= 11 is 1.30. The highest BCUT2D eigenvalue weighted by molar-refractivity contribution is 7.99. The lowest BCUT2D eigenvalue weighted by molar-refractivity contribution is -0.127. The molecule has 2 aliphatic rings. The first-order valence-electron chi connectivity index (χ1n) is 10.3. The molecule has 1 saturated carbocycles. The number of ether oxygens (including phenoxy) is 1. The summed E-state index contributed by atoms with van der Waals surface area (Å²) in [7, 11) is 0. The zero-order valence-electron chi connectivity index (χ0n) is 17.0. The average molecular weight is 414 g/mol. The van der Waals surface area contributed by atoms with Crippen molar-refractivity contribution in [3.63, 3.8) is 0 Å². The molecule has 0 N–H and O–H groups in total. The van der Waals surface area contributed by atoms with Gasteiger partial charge < -0.3 is 14.1 Å². The van der Waals surface area contributed by atoms with E-state index in [1.54, 1.807) is 0 Å². The summed E-state index contributed by atoms with van der Waals surface area (Å²) in [6, 6.07) is 6.46. The molecule has 29 heavy (non-hydrogen) atoms. The second-order valence-corrected chi connectivity index (χ2v) is 8.67. The van der Waals surface area contributed by atoms with Crippen molar-refractivity contribution in [3.8, 4) is 5.75 Å². The van der Waals surface area contributed by atoms with E-state index in [1.165, 1.54) is 30.3 Å². The maximum atomic E-state index is 12.8. The summed E-state index contributed by atoms with van der Waals surface area (Å²) in [5.74, 6) is 1.67. The average Bonchev–Trinajstić information content (AvgIpc) is 3.45. The molecular formula is C22H27N3O3S. The van der Waals surface area contributed by atoms with Crippen LogP contribution in [0.25, 0.3) is 0 Å². The Kier molecular flexibility index (Phi) is 6.23. The van der Waals surface area contributed by atoms with E-state index in [0.29, 0.717) is 22.9 Å². The van der Waals surface area contributed by atoms with E-state index in [2.05, 4.69) is 22.3 Å². The fourth-order valence-electron chi connectivity index (χ4n) is 3.52. The zero-order chi connectivity index (χ0) is 20.2. The van der Waals surface area contributed by atoms with Gasteiger partial charge in [-0.2, -0.15) is 0 Å². The van der Waals surface area contributed by atoms with Crippen molar-refractivity contribution >= 4 is 17.7 Å². The second kappa shape index (κ2) is 9.03. The number of aromatic nitrogens is 2. The maximum absolute atomic E-state index is 12.8. The third-order valence-corrected chi connectivity index (χ3v) is 6.02. The second-order valence-electron chi connectivity index (χ2n) is 7.74. The van der Waals surface area contributed by atoms with Gasteiger partial charge in [-0.15, -0.1) is 10.2 Å². The first-order valence-corrected chi connectivity index (χ1v) is 11.2. The first-order chi connectivity index (χ1) is 14.1. The van der Waals surface area contributed by atoms with Gasteiger partial charge in [0.2, 0.25) is 5.91 Å². The van der Waals surface area contributed by atoms with Gasteiger partial charge in [0.25, 0.3) is 11.1 Å². The molecule has 7 heteroatoms. The van der Waals surface area contributed by atoms with Crippen molar-refractivity contribution in [1.82, 2.24) is 15.1 Å². The molecular weight excluding hydrogens is 386 g/mol. The summed E-state index contributed by atoms with van der Waals surface area (Å²) < 4.78 is 11.5. The number of carbonyl (C=O) groups is 1. The van der Waals surface area contributed by atoms with Crippen LogP contribution >= 0.6 is 11.8 Å². The number of amides is 1. The number of nitrogens with zero attached hydrogens (tertiary/aromatic N) is 3. The molecule has 1 aromatic heterocycles. The molecule has 1 aromatic carbocycles. The van der Waals surface area contributed by atoms with Gasteiger partial charge in [-0.3, -0.25) is 4.79 Å². The standard InChI is InChI=1S/C22H27N3O3S/c1-15-8-9-16(2)19(12-15)27-13-20-23-24-22(28-20)29-14-21(26)25(18-10-11-18)17-6-4-3-5-7-17/h6,8-9,12,18H,3-5,7,10-11,13-14H2,1-2H3. The molecule has 0 saturated heterocycles. The van der Waals surface area contributed by atoms with Crippen molar-refractivity contribution < 1.29 is 13.9 Å². The van der Waals surface area contributed by atoms with Gasteiger partial charge in [0.1, 0.15) is 5.75 Å². The van der Waals surface area contributed by atoms with Crippen molar-refractivity contribution in [2.75, 3.05) is 5.75 Å². The van der Waals surface area contributed by atoms with Gasteiger partial charge >= 0.3 is 0 Å². The van der Waals surface area contributed by atoms with Gasteiger partial charge in [0.15, 0.2) is 6.61 Å². The number of hydrogen-bond acceptors (Lipinski definition) is 6. The van der Waals surface area contributed by atoms with Gasteiger partial charge in [-0.1, -0.05) is 30.0 Å². The molecule has 2 aliphatic carbocycles. The number of hydrogen-bond donors (Lipinski definition) is 0. The fraction of sp³-hybridized carbons (Fsp3) is 0.500. The zero-order valence-corrected chi connectivity index (χ0v) is 17.8. The molecule has 0 radical (unpaired) electrons. The van der Waals surface area contributed by atoms with E-state index in [1.807, 2.05) is 30.9 Å². The highest BCUT2D eigenvalue weighted by atomic mass is 32.2. The molecule has 154 valence electrons. The largest absolute Gasteiger partial charge is 0.484 e. The SMILES string of the molecule is Cc1ccc(C)c(OCc2nnc(SCC(=O)N(C3=CCCCC3)C3CC3)o2)c1. The highest BCUT2D eigenvalue weighted by Crippen LogP contribution is 2.34. The van der Waals surface area contributed by atoms with Crippen LogP contribution in [0.15, 0.2) is 39.6 Å². The quantitative estimate of drug-likeness (QED) is 0.579. The third-order valence-electron chi connectivity index (χ3n) is 5.22. The Morgan fingerprint density at radius 3 is 2.90 bits per heavy atom. The maximum Gasteiger partial charge on any atom is 0.277 e. The number of carbonyl (C=O) groups excluding carboxylic acids is 1. The van der Waals surface area contributed by atoms with E-state index in [-0.39, 0.29) is 12.5 Å². The van der Waals surface area contributed by atoms with Crippen molar-refractivity contribution in [2.24, 2.45) is 0 Å². The Hall–Kier alpha value is -2.28.